The van der Waals surface area contributed by atoms with E-state index in [-0.39, 0.29) is 11.8 Å². The fourth-order valence-electron chi connectivity index (χ4n) is 3.35. The van der Waals surface area contributed by atoms with Crippen molar-refractivity contribution in [3.63, 3.8) is 0 Å². The molecule has 3 rings (SSSR count). The molecule has 1 aromatic carbocycles. The van der Waals surface area contributed by atoms with Gasteiger partial charge in [-0.2, -0.15) is 0 Å². The topological polar surface area (TPSA) is 126 Å². The van der Waals surface area contributed by atoms with Gasteiger partial charge in [-0.05, 0) is 38.5 Å². The Bertz CT molecular complexity index is 1020. The number of anilines is 2. The number of hydrogen-bond acceptors (Lipinski definition) is 8. The summed E-state index contributed by atoms with van der Waals surface area (Å²) < 4.78 is 30.9. The van der Waals surface area contributed by atoms with Gasteiger partial charge in [-0.1, -0.05) is 0 Å². The summed E-state index contributed by atoms with van der Waals surface area (Å²) in [6.45, 7) is 5.96. The molecule has 0 bridgehead atoms. The molecule has 0 spiro atoms. The van der Waals surface area contributed by atoms with Crippen LogP contribution >= 0.6 is 0 Å². The van der Waals surface area contributed by atoms with Crippen LogP contribution in [0.3, 0.4) is 0 Å². The van der Waals surface area contributed by atoms with Gasteiger partial charge < -0.3 is 15.4 Å². The Morgan fingerprint density at radius 1 is 1.17 bits per heavy atom. The van der Waals surface area contributed by atoms with Crippen molar-refractivity contribution in [3.8, 4) is 5.75 Å². The van der Waals surface area contributed by atoms with Crippen LogP contribution in [0.1, 0.15) is 31.5 Å². The van der Waals surface area contributed by atoms with Gasteiger partial charge >= 0.3 is 0 Å². The minimum atomic E-state index is -3.22. The average Bonchev–Trinajstić information content (AvgIpc) is 2.95. The van der Waals surface area contributed by atoms with Crippen molar-refractivity contribution >= 4 is 27.2 Å². The Kier molecular flexibility index (Phi) is 6.57. The molecule has 30 heavy (non-hydrogen) atoms. The first-order valence-corrected chi connectivity index (χ1v) is 11.7. The molecule has 0 atom stereocenters. The second-order valence-corrected chi connectivity index (χ2v) is 9.54. The van der Waals surface area contributed by atoms with Crippen molar-refractivity contribution < 1.29 is 13.2 Å². The van der Waals surface area contributed by atoms with Gasteiger partial charge in [-0.25, -0.2) is 22.7 Å². The Morgan fingerprint density at radius 2 is 1.93 bits per heavy atom. The van der Waals surface area contributed by atoms with E-state index in [0.29, 0.717) is 61.1 Å². The van der Waals surface area contributed by atoms with Crippen LogP contribution in [-0.4, -0.2) is 66.9 Å². The van der Waals surface area contributed by atoms with E-state index in [1.54, 1.807) is 24.3 Å². The lowest BCUT2D eigenvalue weighted by Crippen LogP contribution is -2.34. The number of nitrogens with zero attached hydrogens (tertiary/aromatic N) is 4. The van der Waals surface area contributed by atoms with Crippen LogP contribution in [0.5, 0.6) is 5.75 Å². The van der Waals surface area contributed by atoms with Crippen LogP contribution in [0.2, 0.25) is 0 Å². The molecule has 1 saturated heterocycles. The van der Waals surface area contributed by atoms with Gasteiger partial charge in [0.25, 0.3) is 0 Å². The van der Waals surface area contributed by atoms with Gasteiger partial charge in [0.15, 0.2) is 0 Å². The molecule has 10 heteroatoms. The molecule has 1 fully saturated rings. The summed E-state index contributed by atoms with van der Waals surface area (Å²) in [5, 5.41) is 8.63. The van der Waals surface area contributed by atoms with Crippen LogP contribution in [0, 0.1) is 5.41 Å². The lowest BCUT2D eigenvalue weighted by molar-refractivity contribution is 0.242. The molecular weight excluding hydrogens is 404 g/mol. The Labute approximate surface area is 177 Å². The molecule has 9 nitrogen and oxygen atoms in total. The Morgan fingerprint density at radius 3 is 2.63 bits per heavy atom. The first-order chi connectivity index (χ1) is 14.1. The number of hydrogen-bond donors (Lipinski definition) is 2. The zero-order valence-corrected chi connectivity index (χ0v) is 18.3. The highest BCUT2D eigenvalue weighted by molar-refractivity contribution is 7.88. The molecule has 2 aromatic rings. The number of nitrogen functional groups attached to an aromatic ring is 1. The highest BCUT2D eigenvalue weighted by atomic mass is 32.2. The molecular formula is C20H28N6O3S. The third-order valence-electron chi connectivity index (χ3n) is 4.82. The van der Waals surface area contributed by atoms with E-state index >= 15 is 0 Å². The summed E-state index contributed by atoms with van der Waals surface area (Å²) in [6, 6.07) is 6.99. The normalized spacial score (nSPS) is 15.8. The molecule has 1 aliphatic rings. The van der Waals surface area contributed by atoms with Crippen molar-refractivity contribution in [2.75, 3.05) is 43.1 Å². The molecule has 0 radical (unpaired) electrons. The van der Waals surface area contributed by atoms with Crippen molar-refractivity contribution in [1.82, 2.24) is 14.3 Å². The summed E-state index contributed by atoms with van der Waals surface area (Å²) in [5.41, 5.74) is 7.73. The van der Waals surface area contributed by atoms with E-state index in [1.165, 1.54) is 16.9 Å². The fourth-order valence-corrected chi connectivity index (χ4v) is 4.22. The summed E-state index contributed by atoms with van der Waals surface area (Å²) in [5.74, 6) is 1.30. The first-order valence-electron chi connectivity index (χ1n) is 9.82. The summed E-state index contributed by atoms with van der Waals surface area (Å²) >= 11 is 0. The van der Waals surface area contributed by atoms with Crippen LogP contribution < -0.4 is 15.4 Å². The van der Waals surface area contributed by atoms with E-state index in [9.17, 15) is 8.42 Å². The number of ether oxygens (including phenoxy) is 1. The third-order valence-corrected chi connectivity index (χ3v) is 6.13. The second kappa shape index (κ2) is 8.97. The van der Waals surface area contributed by atoms with Crippen LogP contribution in [0.25, 0.3) is 0 Å². The summed E-state index contributed by atoms with van der Waals surface area (Å²) in [7, 11) is -3.22. The first kappa shape index (κ1) is 22.0. The molecule has 162 valence electrons. The highest BCUT2D eigenvalue weighted by Crippen LogP contribution is 2.24. The van der Waals surface area contributed by atoms with Crippen molar-refractivity contribution in [2.45, 2.75) is 26.4 Å². The molecule has 3 N–H and O–H groups in total. The van der Waals surface area contributed by atoms with Gasteiger partial charge in [0.1, 0.15) is 17.9 Å². The molecule has 0 unspecified atom stereocenters. The standard InChI is InChI=1S/C20H28N6O3S/c1-14(2)29-15-5-6-17(21)16(11-15)20(22)18-12-19(24-13-23-18)25-7-4-8-26(10-9-25)30(3,27)28/h5-6,11-14,22H,4,7-10,21H2,1-3H3. The second-order valence-electron chi connectivity index (χ2n) is 7.55. The van der Waals surface area contributed by atoms with E-state index < -0.39 is 10.0 Å². The lowest BCUT2D eigenvalue weighted by atomic mass is 10.0. The molecule has 1 aromatic heterocycles. The molecule has 0 amide bonds. The van der Waals surface area contributed by atoms with E-state index in [1.807, 2.05) is 18.7 Å². The molecule has 0 aliphatic carbocycles. The quantitative estimate of drug-likeness (QED) is 0.526. The van der Waals surface area contributed by atoms with Gasteiger partial charge in [-0.3, -0.25) is 5.41 Å². The smallest absolute Gasteiger partial charge is 0.211 e. The minimum Gasteiger partial charge on any atom is -0.491 e. The zero-order valence-electron chi connectivity index (χ0n) is 17.5. The number of sulfonamides is 1. The Balaban J connectivity index is 1.83. The van der Waals surface area contributed by atoms with Gasteiger partial charge in [0, 0.05) is 43.5 Å². The van der Waals surface area contributed by atoms with E-state index in [2.05, 4.69) is 9.97 Å². The SMILES string of the molecule is CC(C)Oc1ccc(N)c(C(=N)c2cc(N3CCCN(S(C)(=O)=O)CC3)ncn2)c1. The molecule has 2 heterocycles. The number of nitrogens with two attached hydrogens (primary N) is 1. The maximum atomic E-state index is 11.8. The number of benzene rings is 1. The van der Waals surface area contributed by atoms with Crippen molar-refractivity contribution in [3.05, 3.63) is 41.9 Å². The van der Waals surface area contributed by atoms with E-state index in [4.69, 9.17) is 15.9 Å². The third kappa shape index (κ3) is 5.25. The lowest BCUT2D eigenvalue weighted by Gasteiger charge is -2.22. The fraction of sp³-hybridized carbons (Fsp3) is 0.450. The average molecular weight is 433 g/mol. The van der Waals surface area contributed by atoms with E-state index in [0.717, 1.165) is 0 Å². The minimum absolute atomic E-state index is 0.0100. The van der Waals surface area contributed by atoms with Crippen molar-refractivity contribution in [2.24, 2.45) is 0 Å². The summed E-state index contributed by atoms with van der Waals surface area (Å²) in [4.78, 5) is 10.6. The summed E-state index contributed by atoms with van der Waals surface area (Å²) in [6.07, 6.45) is 3.36. The van der Waals surface area contributed by atoms with Crippen LogP contribution in [0.4, 0.5) is 11.5 Å². The Hall–Kier alpha value is -2.72. The van der Waals surface area contributed by atoms with Gasteiger partial charge in [-0.15, -0.1) is 0 Å². The van der Waals surface area contributed by atoms with Crippen LogP contribution in [0.15, 0.2) is 30.6 Å². The molecule has 0 saturated carbocycles. The zero-order chi connectivity index (χ0) is 21.9. The highest BCUT2D eigenvalue weighted by Gasteiger charge is 2.22. The number of rotatable bonds is 6. The van der Waals surface area contributed by atoms with Gasteiger partial charge in [0.05, 0.1) is 23.8 Å². The van der Waals surface area contributed by atoms with Gasteiger partial charge in [0.2, 0.25) is 10.0 Å². The molecule has 1 aliphatic heterocycles. The predicted molar refractivity (Wildman–Crippen MR) is 118 cm³/mol. The number of nitrogens with one attached hydrogen (secondary N) is 1. The maximum Gasteiger partial charge on any atom is 0.211 e. The monoisotopic (exact) mass is 432 g/mol. The predicted octanol–water partition coefficient (Wildman–Crippen LogP) is 1.73. The number of aromatic nitrogens is 2. The maximum absolute atomic E-state index is 11.8. The van der Waals surface area contributed by atoms with Crippen molar-refractivity contribution in [1.29, 1.82) is 5.41 Å². The van der Waals surface area contributed by atoms with Crippen LogP contribution in [-0.2, 0) is 10.0 Å². The largest absolute Gasteiger partial charge is 0.491 e.